The van der Waals surface area contributed by atoms with E-state index in [1.165, 1.54) is 37.7 Å². The van der Waals surface area contributed by atoms with Crippen LogP contribution >= 0.6 is 8.53 Å². The first-order valence-corrected chi connectivity index (χ1v) is 24.2. The number of aromatic nitrogens is 4. The van der Waals surface area contributed by atoms with Gasteiger partial charge in [-0.3, -0.25) is 9.40 Å². The molecule has 1 N–H and O–H groups in total. The van der Waals surface area contributed by atoms with Gasteiger partial charge in [-0.05, 0) is 68.7 Å². The van der Waals surface area contributed by atoms with Crippen molar-refractivity contribution in [1.29, 1.82) is 10.5 Å². The average molecular weight is 973 g/mol. The zero-order valence-corrected chi connectivity index (χ0v) is 40.8. The fraction of sp³-hybridized carbons (Fsp3) is 0.278. The molecule has 362 valence electrons. The van der Waals surface area contributed by atoms with Crippen LogP contribution in [0.25, 0.3) is 11.2 Å². The molecule has 71 heavy (non-hydrogen) atoms. The number of carbonyl (C=O) groups excluding carboxylic acids is 2. The Bertz CT molecular complexity index is 2920. The Balaban J connectivity index is 1.33. The molecule has 3 heterocycles. The summed E-state index contributed by atoms with van der Waals surface area (Å²) in [7, 11) is -0.425. The smallest absolute Gasteiger partial charge is 0.344 e. The van der Waals surface area contributed by atoms with Crippen molar-refractivity contribution in [2.24, 2.45) is 0 Å². The van der Waals surface area contributed by atoms with Gasteiger partial charge in [0.15, 0.2) is 22.7 Å². The third-order valence-corrected chi connectivity index (χ3v) is 14.4. The first kappa shape index (κ1) is 50.0. The van der Waals surface area contributed by atoms with Crippen LogP contribution in [0.15, 0.2) is 152 Å². The van der Waals surface area contributed by atoms with Crippen molar-refractivity contribution in [2.75, 3.05) is 25.8 Å². The minimum absolute atomic E-state index is 0.0466. The van der Waals surface area contributed by atoms with E-state index in [1.807, 2.05) is 65.2 Å². The summed E-state index contributed by atoms with van der Waals surface area (Å²) >= 11 is 0. The third kappa shape index (κ3) is 10.0. The maximum atomic E-state index is 14.5. The molecular weight excluding hydrogens is 920 g/mol. The minimum atomic E-state index is -1.91. The van der Waals surface area contributed by atoms with E-state index in [-0.39, 0.29) is 60.6 Å². The maximum Gasteiger partial charge on any atom is 0.344 e. The predicted octanol–water partition coefficient (Wildman–Crippen LogP) is 9.88. The van der Waals surface area contributed by atoms with Crippen LogP contribution in [0.1, 0.15) is 83.5 Å². The number of para-hydroxylation sites is 1. The SMILES string of the molecule is CONc1ncnc2c1ncn2[C@@]1(C(c2ccccc2)(c2ccccc2)c2ccccc2)C[C@H](OP(OCCC#N)N(C(C)C)C(C)C)[C@@H](COC(=O)c2ccccc2C(=O)Oc2ccccc2C#N)O1. The largest absolute Gasteiger partial charge is 0.459 e. The number of rotatable bonds is 20. The molecule has 2 aromatic heterocycles. The van der Waals surface area contributed by atoms with E-state index >= 15 is 0 Å². The van der Waals surface area contributed by atoms with E-state index in [9.17, 15) is 20.1 Å². The fourth-order valence-corrected chi connectivity index (χ4v) is 11.1. The Labute approximate surface area is 413 Å². The van der Waals surface area contributed by atoms with E-state index in [4.69, 9.17) is 38.1 Å². The van der Waals surface area contributed by atoms with Gasteiger partial charge in [0.05, 0.1) is 60.7 Å². The molecule has 0 radical (unpaired) electrons. The minimum Gasteiger partial charge on any atom is -0.459 e. The predicted molar refractivity (Wildman–Crippen MR) is 266 cm³/mol. The molecule has 4 atom stereocenters. The molecular formula is C54H53N8O8P. The molecule has 0 amide bonds. The second-order valence-electron chi connectivity index (χ2n) is 17.1. The van der Waals surface area contributed by atoms with E-state index in [1.54, 1.807) is 30.6 Å². The number of hydrogen-bond acceptors (Lipinski definition) is 15. The molecule has 1 saturated heterocycles. The topological polar surface area (TPSA) is 196 Å². The summed E-state index contributed by atoms with van der Waals surface area (Å²) in [5, 5.41) is 19.3. The standard InChI is InChI=1S/C54H53N8O8P/c1-37(2)62(38(3)4)71(67-31-19-30-55)70-46-32-53(61-36-59-48-49(60-65-5)57-35-58-50(48)61,54(40-21-9-6-10-22-40,41-23-11-7-12-24-41)42-25-13-8-14-26-42)69-47(46)34-66-51(63)43-27-16-17-28-44(43)52(64)68-45-29-18-15-20-39(45)33-56/h6-18,20-29,35-38,46-47H,19,31-32,34H2,1-5H3,(H,57,58,60)/t46-,47+,53-,71?/m0/s1. The molecule has 7 aromatic rings. The molecule has 0 saturated carbocycles. The number of carbonyl (C=O) groups is 2. The van der Waals surface area contributed by atoms with Crippen molar-refractivity contribution < 1.29 is 37.7 Å². The molecule has 1 fully saturated rings. The zero-order valence-electron chi connectivity index (χ0n) is 39.9. The highest BCUT2D eigenvalue weighted by Gasteiger charge is 2.64. The first-order valence-electron chi connectivity index (χ1n) is 23.1. The third-order valence-electron chi connectivity index (χ3n) is 12.2. The van der Waals surface area contributed by atoms with Crippen LogP contribution < -0.4 is 10.2 Å². The summed E-state index contributed by atoms with van der Waals surface area (Å²) in [6, 6.07) is 46.7. The highest BCUT2D eigenvalue weighted by atomic mass is 31.2. The van der Waals surface area contributed by atoms with Crippen molar-refractivity contribution >= 4 is 37.4 Å². The summed E-state index contributed by atoms with van der Waals surface area (Å²) < 4.78 is 37.6. The molecule has 0 aliphatic carbocycles. The summed E-state index contributed by atoms with van der Waals surface area (Å²) in [6.07, 6.45) is 1.35. The van der Waals surface area contributed by atoms with Crippen molar-refractivity contribution in [3.63, 3.8) is 0 Å². The number of nitrogens with zero attached hydrogens (tertiary/aromatic N) is 7. The van der Waals surface area contributed by atoms with Crippen LogP contribution in [0.4, 0.5) is 5.82 Å². The summed E-state index contributed by atoms with van der Waals surface area (Å²) in [5.74, 6) is -1.32. The van der Waals surface area contributed by atoms with E-state index in [2.05, 4.69) is 85.3 Å². The van der Waals surface area contributed by atoms with E-state index in [0.717, 1.165) is 16.7 Å². The number of nitrogens with one attached hydrogen (secondary N) is 1. The highest BCUT2D eigenvalue weighted by Crippen LogP contribution is 2.60. The van der Waals surface area contributed by atoms with Gasteiger partial charge < -0.3 is 23.3 Å². The molecule has 8 rings (SSSR count). The first-order chi connectivity index (χ1) is 34.6. The van der Waals surface area contributed by atoms with Crippen LogP contribution in [-0.2, 0) is 34.5 Å². The molecule has 17 heteroatoms. The van der Waals surface area contributed by atoms with Gasteiger partial charge in [0.2, 0.25) is 0 Å². The van der Waals surface area contributed by atoms with Crippen molar-refractivity contribution in [3.05, 3.63) is 186 Å². The van der Waals surface area contributed by atoms with Crippen LogP contribution in [-0.4, -0.2) is 80.7 Å². The fourth-order valence-electron chi connectivity index (χ4n) is 9.40. The maximum absolute atomic E-state index is 14.5. The summed E-state index contributed by atoms with van der Waals surface area (Å²) in [5.41, 5.74) is 3.38. The van der Waals surface area contributed by atoms with Crippen molar-refractivity contribution in [1.82, 2.24) is 24.2 Å². The number of hydrogen-bond donors (Lipinski definition) is 1. The van der Waals surface area contributed by atoms with Gasteiger partial charge in [-0.1, -0.05) is 115 Å². The number of benzene rings is 5. The molecule has 0 bridgehead atoms. The number of fused-ring (bicyclic) bond motifs is 1. The van der Waals surface area contributed by atoms with Gasteiger partial charge in [0, 0.05) is 18.5 Å². The molecule has 0 spiro atoms. The number of anilines is 1. The second-order valence-corrected chi connectivity index (χ2v) is 18.5. The van der Waals surface area contributed by atoms with Crippen molar-refractivity contribution in [3.8, 4) is 17.9 Å². The van der Waals surface area contributed by atoms with Gasteiger partial charge in [0.1, 0.15) is 30.9 Å². The Morgan fingerprint density at radius 2 is 1.39 bits per heavy atom. The van der Waals surface area contributed by atoms with Gasteiger partial charge >= 0.3 is 11.9 Å². The Morgan fingerprint density at radius 1 is 0.817 bits per heavy atom. The van der Waals surface area contributed by atoms with Crippen LogP contribution in [0, 0.1) is 22.7 Å². The second kappa shape index (κ2) is 22.6. The molecule has 1 aliphatic rings. The molecule has 5 aromatic carbocycles. The van der Waals surface area contributed by atoms with Gasteiger partial charge in [-0.15, -0.1) is 0 Å². The van der Waals surface area contributed by atoms with Crippen LogP contribution in [0.3, 0.4) is 0 Å². The summed E-state index contributed by atoms with van der Waals surface area (Å²) in [4.78, 5) is 47.8. The quantitative estimate of drug-likeness (QED) is 0.0189. The van der Waals surface area contributed by atoms with E-state index in [0.29, 0.717) is 17.0 Å². The highest BCUT2D eigenvalue weighted by molar-refractivity contribution is 7.44. The lowest BCUT2D eigenvalue weighted by atomic mass is 9.61. The number of ether oxygens (including phenoxy) is 3. The average Bonchev–Trinajstić information content (AvgIpc) is 4.00. The van der Waals surface area contributed by atoms with Gasteiger partial charge in [-0.2, -0.15) is 10.5 Å². The molecule has 1 aliphatic heterocycles. The lowest BCUT2D eigenvalue weighted by Crippen LogP contribution is -2.55. The number of imidazole rings is 1. The van der Waals surface area contributed by atoms with Crippen molar-refractivity contribution in [2.45, 2.75) is 76.0 Å². The number of nitriles is 2. The van der Waals surface area contributed by atoms with E-state index < -0.39 is 43.8 Å². The zero-order chi connectivity index (χ0) is 50.0. The van der Waals surface area contributed by atoms with Gasteiger partial charge in [0.25, 0.3) is 8.53 Å². The monoisotopic (exact) mass is 972 g/mol. The lowest BCUT2D eigenvalue weighted by molar-refractivity contribution is -0.143. The van der Waals surface area contributed by atoms with Crippen LogP contribution in [0.5, 0.6) is 5.75 Å². The normalized spacial score (nSPS) is 17.2. The van der Waals surface area contributed by atoms with Gasteiger partial charge in [-0.25, -0.2) is 34.7 Å². The lowest BCUT2D eigenvalue weighted by Gasteiger charge is -2.50. The molecule has 16 nitrogen and oxygen atoms in total. The number of esters is 2. The molecule has 1 unspecified atom stereocenters. The Hall–Kier alpha value is -7.40. The summed E-state index contributed by atoms with van der Waals surface area (Å²) in [6.45, 7) is 7.94. The Morgan fingerprint density at radius 3 is 1.97 bits per heavy atom. The Kier molecular flexibility index (Phi) is 15.9. The van der Waals surface area contributed by atoms with Crippen LogP contribution in [0.2, 0.25) is 0 Å².